The maximum atomic E-state index is 12.1. The van der Waals surface area contributed by atoms with Crippen LogP contribution in [0.5, 0.6) is 17.2 Å². The van der Waals surface area contributed by atoms with Crippen molar-refractivity contribution in [1.29, 1.82) is 0 Å². The highest BCUT2D eigenvalue weighted by Gasteiger charge is 2.19. The van der Waals surface area contributed by atoms with Gasteiger partial charge in [-0.3, -0.25) is 14.9 Å². The number of carbonyl (C=O) groups excluding carboxylic acids is 2. The Hall–Kier alpha value is -3.77. The Kier molecular flexibility index (Phi) is 7.40. The smallest absolute Gasteiger partial charge is 0.338 e. The molecule has 1 N–H and O–H groups in total. The molecule has 0 heterocycles. The minimum Gasteiger partial charge on any atom is -0.493 e. The summed E-state index contributed by atoms with van der Waals surface area (Å²) in [7, 11) is 1.33. The average molecular weight is 419 g/mol. The van der Waals surface area contributed by atoms with Crippen molar-refractivity contribution >= 4 is 29.2 Å². The summed E-state index contributed by atoms with van der Waals surface area (Å²) < 4.78 is 15.6. The second-order valence-corrected chi connectivity index (χ2v) is 5.83. The van der Waals surface area contributed by atoms with E-state index in [-0.39, 0.29) is 40.1 Å². The molecule has 0 radical (unpaired) electrons. The number of nitro benzene ring substituents is 1. The second kappa shape index (κ2) is 9.96. The molecule has 29 heavy (non-hydrogen) atoms. The lowest BCUT2D eigenvalue weighted by Crippen LogP contribution is -2.28. The maximum Gasteiger partial charge on any atom is 0.338 e. The molecule has 0 unspecified atom stereocenters. The van der Waals surface area contributed by atoms with Gasteiger partial charge in [0, 0.05) is 11.1 Å². The van der Waals surface area contributed by atoms with Crippen molar-refractivity contribution in [2.75, 3.05) is 20.3 Å². The first-order chi connectivity index (χ1) is 13.8. The third-order valence-corrected chi connectivity index (χ3v) is 3.69. The van der Waals surface area contributed by atoms with Gasteiger partial charge in [0.15, 0.2) is 18.1 Å². The van der Waals surface area contributed by atoms with E-state index >= 15 is 0 Å². The van der Waals surface area contributed by atoms with Gasteiger partial charge in [0.2, 0.25) is 5.75 Å². The van der Waals surface area contributed by atoms with E-state index in [1.54, 1.807) is 0 Å². The van der Waals surface area contributed by atoms with Gasteiger partial charge in [0.05, 0.1) is 24.1 Å². The number of nitrogens with zero attached hydrogens (tertiary/aromatic N) is 1. The van der Waals surface area contributed by atoms with Gasteiger partial charge in [-0.05, 0) is 30.3 Å². The number of carbonyl (C=O) groups is 2. The van der Waals surface area contributed by atoms with E-state index in [4.69, 9.17) is 32.2 Å². The molecular weight excluding hydrogens is 404 g/mol. The minimum atomic E-state index is -0.775. The first-order valence-electron chi connectivity index (χ1n) is 8.02. The molecule has 0 aromatic heterocycles. The zero-order valence-corrected chi connectivity index (χ0v) is 15.9. The molecule has 150 valence electrons. The fraction of sp³-hybridized carbons (Fsp3) is 0.158. The van der Waals surface area contributed by atoms with Crippen molar-refractivity contribution in [3.05, 3.63) is 57.1 Å². The number of ether oxygens (including phenoxy) is 3. The van der Waals surface area contributed by atoms with E-state index in [0.717, 1.165) is 6.07 Å². The maximum absolute atomic E-state index is 12.1. The normalized spacial score (nSPS) is 9.83. The molecule has 0 spiro atoms. The molecule has 1 amide bonds. The molecule has 10 heteroatoms. The fourth-order valence-electron chi connectivity index (χ4n) is 2.13. The third kappa shape index (κ3) is 5.85. The molecule has 0 saturated carbocycles. The molecule has 0 bridgehead atoms. The van der Waals surface area contributed by atoms with Crippen LogP contribution in [0.3, 0.4) is 0 Å². The summed E-state index contributed by atoms with van der Waals surface area (Å²) in [5.41, 5.74) is -0.245. The van der Waals surface area contributed by atoms with Crippen LogP contribution in [-0.2, 0) is 9.53 Å². The number of nitrogens with one attached hydrogen (secondary N) is 1. The van der Waals surface area contributed by atoms with Crippen LogP contribution >= 0.6 is 11.6 Å². The quantitative estimate of drug-likeness (QED) is 0.303. The number of hydrogen-bond acceptors (Lipinski definition) is 7. The van der Waals surface area contributed by atoms with E-state index < -0.39 is 23.4 Å². The molecule has 0 atom stereocenters. The monoisotopic (exact) mass is 418 g/mol. The Bertz CT molecular complexity index is 985. The van der Waals surface area contributed by atoms with Crippen LogP contribution in [0, 0.1) is 22.5 Å². The number of terminal acetylenes is 1. The Balaban J connectivity index is 2.17. The zero-order valence-electron chi connectivity index (χ0n) is 15.1. The van der Waals surface area contributed by atoms with Crippen LogP contribution in [0.15, 0.2) is 36.4 Å². The Labute approximate surface area is 170 Å². The van der Waals surface area contributed by atoms with E-state index in [0.29, 0.717) is 0 Å². The van der Waals surface area contributed by atoms with Gasteiger partial charge in [-0.2, -0.15) is 0 Å². The molecule has 0 aliphatic carbocycles. The van der Waals surface area contributed by atoms with Gasteiger partial charge in [-0.15, -0.1) is 6.42 Å². The lowest BCUT2D eigenvalue weighted by molar-refractivity contribution is -0.385. The van der Waals surface area contributed by atoms with Crippen molar-refractivity contribution in [3.63, 3.8) is 0 Å². The van der Waals surface area contributed by atoms with Gasteiger partial charge >= 0.3 is 11.7 Å². The molecule has 0 aliphatic heterocycles. The first-order valence-corrected chi connectivity index (χ1v) is 8.40. The fourth-order valence-corrected chi connectivity index (χ4v) is 2.30. The summed E-state index contributed by atoms with van der Waals surface area (Å²) in [6, 6.07) is 8.00. The van der Waals surface area contributed by atoms with Crippen LogP contribution in [-0.4, -0.2) is 37.1 Å². The zero-order chi connectivity index (χ0) is 21.4. The minimum absolute atomic E-state index is 0.0209. The largest absolute Gasteiger partial charge is 0.493 e. The Morgan fingerprint density at radius 2 is 1.93 bits per heavy atom. The van der Waals surface area contributed by atoms with E-state index in [2.05, 4.69) is 11.2 Å². The highest BCUT2D eigenvalue weighted by molar-refractivity contribution is 6.30. The lowest BCUT2D eigenvalue weighted by Gasteiger charge is -2.12. The van der Waals surface area contributed by atoms with Crippen LogP contribution in [0.25, 0.3) is 0 Å². The summed E-state index contributed by atoms with van der Waals surface area (Å²) in [5.74, 6) is 1.10. The van der Waals surface area contributed by atoms with E-state index in [9.17, 15) is 19.7 Å². The van der Waals surface area contributed by atoms with Crippen molar-refractivity contribution in [2.45, 2.75) is 0 Å². The van der Waals surface area contributed by atoms with Gasteiger partial charge in [-0.1, -0.05) is 17.5 Å². The number of amides is 1. The predicted octanol–water partition coefficient (Wildman–Crippen LogP) is 2.96. The molecule has 0 fully saturated rings. The standard InChI is InChI=1S/C19H15ClN2O7/c1-3-8-21-18(23)11-28-19(24)12-4-6-16(17(9-12)27-2)29-15-7-5-13(20)10-14(15)22(25)26/h1,4-7,9-10H,8,11H2,2H3,(H,21,23). The predicted molar refractivity (Wildman–Crippen MR) is 103 cm³/mol. The number of halogens is 1. The summed E-state index contributed by atoms with van der Waals surface area (Å²) in [6.45, 7) is -0.481. The van der Waals surface area contributed by atoms with Crippen LogP contribution in [0.2, 0.25) is 5.02 Å². The second-order valence-electron chi connectivity index (χ2n) is 5.39. The van der Waals surface area contributed by atoms with E-state index in [1.807, 2.05) is 0 Å². The number of methoxy groups -OCH3 is 1. The number of rotatable bonds is 8. The van der Waals surface area contributed by atoms with Crippen molar-refractivity contribution < 1.29 is 28.7 Å². The summed E-state index contributed by atoms with van der Waals surface area (Å²) in [4.78, 5) is 34.1. The van der Waals surface area contributed by atoms with E-state index in [1.165, 1.54) is 37.4 Å². The van der Waals surface area contributed by atoms with Crippen LogP contribution < -0.4 is 14.8 Å². The number of esters is 1. The first kappa shape index (κ1) is 21.5. The van der Waals surface area contributed by atoms with Gasteiger partial charge in [0.25, 0.3) is 5.91 Å². The van der Waals surface area contributed by atoms with Crippen LogP contribution in [0.4, 0.5) is 5.69 Å². The average Bonchev–Trinajstić information content (AvgIpc) is 2.71. The number of benzene rings is 2. The molecule has 0 saturated heterocycles. The SMILES string of the molecule is C#CCNC(=O)COC(=O)c1ccc(Oc2ccc(Cl)cc2[N+](=O)[O-])c(OC)c1. The van der Waals surface area contributed by atoms with Crippen molar-refractivity contribution in [3.8, 4) is 29.6 Å². The summed E-state index contributed by atoms with van der Waals surface area (Å²) >= 11 is 5.78. The topological polar surface area (TPSA) is 117 Å². The number of hydrogen-bond donors (Lipinski definition) is 1. The van der Waals surface area contributed by atoms with Crippen molar-refractivity contribution in [2.24, 2.45) is 0 Å². The molecule has 2 rings (SSSR count). The highest BCUT2D eigenvalue weighted by atomic mass is 35.5. The van der Waals surface area contributed by atoms with Crippen molar-refractivity contribution in [1.82, 2.24) is 5.32 Å². The van der Waals surface area contributed by atoms with Gasteiger partial charge in [0.1, 0.15) is 0 Å². The summed E-state index contributed by atoms with van der Waals surface area (Å²) in [6.07, 6.45) is 5.02. The highest BCUT2D eigenvalue weighted by Crippen LogP contribution is 2.37. The molecule has 0 aliphatic rings. The number of nitro groups is 1. The Morgan fingerprint density at radius 1 is 1.21 bits per heavy atom. The van der Waals surface area contributed by atoms with Gasteiger partial charge in [-0.25, -0.2) is 4.79 Å². The van der Waals surface area contributed by atoms with Crippen LogP contribution in [0.1, 0.15) is 10.4 Å². The lowest BCUT2D eigenvalue weighted by atomic mass is 10.2. The molecule has 2 aromatic carbocycles. The summed E-state index contributed by atoms with van der Waals surface area (Å²) in [5, 5.41) is 13.7. The third-order valence-electron chi connectivity index (χ3n) is 3.46. The molecule has 2 aromatic rings. The molecule has 9 nitrogen and oxygen atoms in total. The molecular formula is C19H15ClN2O7. The van der Waals surface area contributed by atoms with Gasteiger partial charge < -0.3 is 19.5 Å². The Morgan fingerprint density at radius 3 is 2.59 bits per heavy atom.